The SMILES string of the molecule is CCCCCCCCCC(=O)OCN1CCCCC1. The Labute approximate surface area is 118 Å². The van der Waals surface area contributed by atoms with Crippen LogP contribution in [0.5, 0.6) is 0 Å². The van der Waals surface area contributed by atoms with E-state index in [1.165, 1.54) is 57.8 Å². The van der Waals surface area contributed by atoms with Gasteiger partial charge in [0.25, 0.3) is 0 Å². The van der Waals surface area contributed by atoms with Crippen LogP contribution in [0.15, 0.2) is 0 Å². The second kappa shape index (κ2) is 11.3. The summed E-state index contributed by atoms with van der Waals surface area (Å²) in [4.78, 5) is 13.8. The Balaban J connectivity index is 1.87. The van der Waals surface area contributed by atoms with Crippen LogP contribution in [-0.4, -0.2) is 30.7 Å². The molecule has 1 fully saturated rings. The first-order chi connectivity index (χ1) is 9.33. The maximum atomic E-state index is 11.6. The predicted octanol–water partition coefficient (Wildman–Crippen LogP) is 4.11. The van der Waals surface area contributed by atoms with Crippen molar-refractivity contribution >= 4 is 5.97 Å². The van der Waals surface area contributed by atoms with Gasteiger partial charge in [0, 0.05) is 19.5 Å². The highest BCUT2D eigenvalue weighted by Crippen LogP contribution is 2.10. The second-order valence-corrected chi connectivity index (χ2v) is 5.70. The molecule has 0 aromatic heterocycles. The summed E-state index contributed by atoms with van der Waals surface area (Å²) in [5.41, 5.74) is 0. The number of ether oxygens (including phenoxy) is 1. The fourth-order valence-corrected chi connectivity index (χ4v) is 2.55. The van der Waals surface area contributed by atoms with E-state index in [0.29, 0.717) is 13.2 Å². The molecule has 1 aliphatic heterocycles. The number of nitrogens with zero attached hydrogens (tertiary/aromatic N) is 1. The molecule has 0 aromatic rings. The van der Waals surface area contributed by atoms with E-state index in [-0.39, 0.29) is 5.97 Å². The van der Waals surface area contributed by atoms with Gasteiger partial charge >= 0.3 is 5.97 Å². The molecule has 1 heterocycles. The van der Waals surface area contributed by atoms with Crippen LogP contribution in [0.4, 0.5) is 0 Å². The number of piperidine rings is 1. The van der Waals surface area contributed by atoms with E-state index in [1.807, 2.05) is 0 Å². The van der Waals surface area contributed by atoms with Gasteiger partial charge in [0.1, 0.15) is 6.73 Å². The number of carbonyl (C=O) groups excluding carboxylic acids is 1. The molecule has 0 unspecified atom stereocenters. The molecule has 0 aliphatic carbocycles. The van der Waals surface area contributed by atoms with Gasteiger partial charge in [-0.3, -0.25) is 9.69 Å². The Hall–Kier alpha value is -0.570. The molecule has 0 saturated carbocycles. The van der Waals surface area contributed by atoms with E-state index >= 15 is 0 Å². The number of likely N-dealkylation sites (tertiary alicyclic amines) is 1. The fourth-order valence-electron chi connectivity index (χ4n) is 2.55. The van der Waals surface area contributed by atoms with E-state index in [1.54, 1.807) is 0 Å². The minimum absolute atomic E-state index is 0.0147. The van der Waals surface area contributed by atoms with Crippen molar-refractivity contribution in [3.05, 3.63) is 0 Å². The molecule has 3 nitrogen and oxygen atoms in total. The number of rotatable bonds is 10. The van der Waals surface area contributed by atoms with E-state index < -0.39 is 0 Å². The van der Waals surface area contributed by atoms with Crippen molar-refractivity contribution in [2.24, 2.45) is 0 Å². The average Bonchev–Trinajstić information content (AvgIpc) is 2.45. The zero-order valence-electron chi connectivity index (χ0n) is 12.7. The van der Waals surface area contributed by atoms with Crippen molar-refractivity contribution in [2.75, 3.05) is 19.8 Å². The van der Waals surface area contributed by atoms with Gasteiger partial charge in [0.2, 0.25) is 0 Å². The number of esters is 1. The van der Waals surface area contributed by atoms with Crippen LogP contribution in [0.1, 0.15) is 77.6 Å². The van der Waals surface area contributed by atoms with E-state index in [0.717, 1.165) is 19.5 Å². The highest BCUT2D eigenvalue weighted by Gasteiger charge is 2.11. The van der Waals surface area contributed by atoms with Crippen LogP contribution < -0.4 is 0 Å². The van der Waals surface area contributed by atoms with Gasteiger partial charge in [-0.05, 0) is 19.3 Å². The summed E-state index contributed by atoms with van der Waals surface area (Å²) in [5.74, 6) is -0.0147. The van der Waals surface area contributed by atoms with Crippen LogP contribution in [0.2, 0.25) is 0 Å². The van der Waals surface area contributed by atoms with Crippen LogP contribution in [0.3, 0.4) is 0 Å². The van der Waals surface area contributed by atoms with Crippen molar-refractivity contribution in [3.8, 4) is 0 Å². The van der Waals surface area contributed by atoms with Crippen LogP contribution in [0, 0.1) is 0 Å². The molecule has 3 heteroatoms. The summed E-state index contributed by atoms with van der Waals surface area (Å²) in [6, 6.07) is 0. The number of hydrogen-bond donors (Lipinski definition) is 0. The first kappa shape index (κ1) is 16.5. The third kappa shape index (κ3) is 9.04. The third-order valence-corrected chi connectivity index (χ3v) is 3.84. The monoisotopic (exact) mass is 269 g/mol. The first-order valence-electron chi connectivity index (χ1n) is 8.21. The Kier molecular flexibility index (Phi) is 9.78. The molecule has 1 aliphatic rings. The number of carbonyl (C=O) groups is 1. The first-order valence-corrected chi connectivity index (χ1v) is 8.21. The third-order valence-electron chi connectivity index (χ3n) is 3.84. The molecule has 0 atom stereocenters. The summed E-state index contributed by atoms with van der Waals surface area (Å²) in [6.45, 7) is 4.92. The zero-order valence-corrected chi connectivity index (χ0v) is 12.7. The molecule has 1 saturated heterocycles. The number of unbranched alkanes of at least 4 members (excludes halogenated alkanes) is 6. The van der Waals surface area contributed by atoms with Crippen LogP contribution in [0.25, 0.3) is 0 Å². The molecule has 0 spiro atoms. The van der Waals surface area contributed by atoms with Crippen LogP contribution >= 0.6 is 0 Å². The van der Waals surface area contributed by atoms with Crippen molar-refractivity contribution in [2.45, 2.75) is 77.6 Å². The molecule has 112 valence electrons. The lowest BCUT2D eigenvalue weighted by molar-refractivity contribution is -0.149. The molecule has 0 N–H and O–H groups in total. The predicted molar refractivity (Wildman–Crippen MR) is 79.0 cm³/mol. The lowest BCUT2D eigenvalue weighted by Crippen LogP contribution is -2.32. The van der Waals surface area contributed by atoms with Crippen molar-refractivity contribution in [3.63, 3.8) is 0 Å². The molecule has 0 amide bonds. The highest BCUT2D eigenvalue weighted by atomic mass is 16.5. The van der Waals surface area contributed by atoms with Crippen LogP contribution in [-0.2, 0) is 9.53 Å². The van der Waals surface area contributed by atoms with Gasteiger partial charge in [0.15, 0.2) is 0 Å². The van der Waals surface area contributed by atoms with E-state index in [2.05, 4.69) is 11.8 Å². The van der Waals surface area contributed by atoms with Gasteiger partial charge in [-0.2, -0.15) is 0 Å². The molecular weight excluding hydrogens is 238 g/mol. The maximum absolute atomic E-state index is 11.6. The Morgan fingerprint density at radius 2 is 1.58 bits per heavy atom. The standard InChI is InChI=1S/C16H31NO2/c1-2-3-4-5-6-7-9-12-16(18)19-15-17-13-10-8-11-14-17/h2-15H2,1H3. The molecule has 1 rings (SSSR count). The number of hydrogen-bond acceptors (Lipinski definition) is 3. The lowest BCUT2D eigenvalue weighted by atomic mass is 10.1. The van der Waals surface area contributed by atoms with Gasteiger partial charge in [-0.15, -0.1) is 0 Å². The molecule has 19 heavy (non-hydrogen) atoms. The van der Waals surface area contributed by atoms with E-state index in [4.69, 9.17) is 4.74 Å². The Morgan fingerprint density at radius 1 is 0.947 bits per heavy atom. The van der Waals surface area contributed by atoms with Crippen molar-refractivity contribution < 1.29 is 9.53 Å². The minimum Gasteiger partial charge on any atom is -0.449 e. The smallest absolute Gasteiger partial charge is 0.307 e. The van der Waals surface area contributed by atoms with Gasteiger partial charge < -0.3 is 4.74 Å². The molecule has 0 aromatic carbocycles. The Bertz CT molecular complexity index is 225. The van der Waals surface area contributed by atoms with Gasteiger partial charge in [-0.25, -0.2) is 0 Å². The largest absolute Gasteiger partial charge is 0.449 e. The second-order valence-electron chi connectivity index (χ2n) is 5.70. The summed E-state index contributed by atoms with van der Waals surface area (Å²) in [7, 11) is 0. The van der Waals surface area contributed by atoms with Crippen molar-refractivity contribution in [1.82, 2.24) is 4.90 Å². The molecular formula is C16H31NO2. The maximum Gasteiger partial charge on any atom is 0.307 e. The van der Waals surface area contributed by atoms with Gasteiger partial charge in [-0.1, -0.05) is 51.9 Å². The normalized spacial score (nSPS) is 16.5. The lowest BCUT2D eigenvalue weighted by Gasteiger charge is -2.25. The fraction of sp³-hybridized carbons (Fsp3) is 0.938. The Morgan fingerprint density at radius 3 is 2.26 bits per heavy atom. The highest BCUT2D eigenvalue weighted by molar-refractivity contribution is 5.69. The summed E-state index contributed by atoms with van der Waals surface area (Å²) >= 11 is 0. The molecule has 0 radical (unpaired) electrons. The average molecular weight is 269 g/mol. The quantitative estimate of drug-likeness (QED) is 0.441. The van der Waals surface area contributed by atoms with Gasteiger partial charge in [0.05, 0.1) is 0 Å². The summed E-state index contributed by atoms with van der Waals surface area (Å²) < 4.78 is 5.31. The molecule has 0 bridgehead atoms. The van der Waals surface area contributed by atoms with E-state index in [9.17, 15) is 4.79 Å². The topological polar surface area (TPSA) is 29.5 Å². The minimum atomic E-state index is -0.0147. The zero-order chi connectivity index (χ0) is 13.8. The summed E-state index contributed by atoms with van der Waals surface area (Å²) in [6.07, 6.45) is 13.1. The summed E-state index contributed by atoms with van der Waals surface area (Å²) in [5, 5.41) is 0. The van der Waals surface area contributed by atoms with Crippen molar-refractivity contribution in [1.29, 1.82) is 0 Å².